The van der Waals surface area contributed by atoms with E-state index in [1.165, 1.54) is 18.5 Å². The highest BCUT2D eigenvalue weighted by molar-refractivity contribution is 5.99. The summed E-state index contributed by atoms with van der Waals surface area (Å²) in [7, 11) is 0. The van der Waals surface area contributed by atoms with Gasteiger partial charge in [0, 0.05) is 6.54 Å². The van der Waals surface area contributed by atoms with E-state index < -0.39 is 11.8 Å². The van der Waals surface area contributed by atoms with Gasteiger partial charge >= 0.3 is 5.97 Å². The van der Waals surface area contributed by atoms with E-state index in [2.05, 4.69) is 4.98 Å². The maximum Gasteiger partial charge on any atom is 0.358 e. The average molecular weight is 355 g/mol. The molecule has 1 aliphatic carbocycles. The number of imidazole rings is 1. The summed E-state index contributed by atoms with van der Waals surface area (Å²) in [5.41, 5.74) is 1.77. The number of hydrogen-bond donors (Lipinski definition) is 0. The third-order valence-electron chi connectivity index (χ3n) is 5.42. The number of hydrogen-bond acceptors (Lipinski definition) is 4. The molecule has 5 rings (SSSR count). The maximum absolute atomic E-state index is 13.8. The number of rotatable bonds is 3. The van der Waals surface area contributed by atoms with Crippen LogP contribution in [0.5, 0.6) is 0 Å². The van der Waals surface area contributed by atoms with Crippen molar-refractivity contribution in [2.75, 3.05) is 13.2 Å². The van der Waals surface area contributed by atoms with E-state index in [0.29, 0.717) is 36.0 Å². The minimum atomic E-state index is -0.458. The van der Waals surface area contributed by atoms with Gasteiger partial charge in [0.1, 0.15) is 12.1 Å². The molecule has 2 fully saturated rings. The number of esters is 1. The molecule has 0 spiro atoms. The molecule has 0 N–H and O–H groups in total. The Morgan fingerprint density at radius 3 is 2.96 bits per heavy atom. The lowest BCUT2D eigenvalue weighted by Gasteiger charge is -2.22. The minimum absolute atomic E-state index is 0.206. The topological polar surface area (TPSA) is 64.4 Å². The molecule has 1 saturated carbocycles. The van der Waals surface area contributed by atoms with Crippen LogP contribution in [0.4, 0.5) is 4.39 Å². The Morgan fingerprint density at radius 2 is 2.15 bits per heavy atom. The smallest absolute Gasteiger partial charge is 0.358 e. The summed E-state index contributed by atoms with van der Waals surface area (Å²) in [5.74, 6) is -0.646. The van der Waals surface area contributed by atoms with Gasteiger partial charge in [-0.15, -0.1) is 0 Å². The molecule has 1 atom stereocenters. The van der Waals surface area contributed by atoms with E-state index in [1.807, 2.05) is 0 Å². The number of benzene rings is 1. The molecule has 3 aliphatic rings. The van der Waals surface area contributed by atoms with Crippen LogP contribution in [0.15, 0.2) is 24.5 Å². The first-order chi connectivity index (χ1) is 12.6. The number of carbonyl (C=O) groups is 2. The third kappa shape index (κ3) is 2.34. The van der Waals surface area contributed by atoms with Gasteiger partial charge in [0.2, 0.25) is 0 Å². The van der Waals surface area contributed by atoms with E-state index >= 15 is 0 Å². The van der Waals surface area contributed by atoms with Crippen molar-refractivity contribution in [1.82, 2.24) is 14.5 Å². The molecule has 0 unspecified atom stereocenters. The minimum Gasteiger partial charge on any atom is -0.461 e. The number of carbonyl (C=O) groups excluding carboxylic acids is 2. The molecule has 2 aliphatic heterocycles. The molecule has 1 aromatic heterocycles. The predicted molar refractivity (Wildman–Crippen MR) is 89.5 cm³/mol. The molecule has 0 bridgehead atoms. The summed E-state index contributed by atoms with van der Waals surface area (Å²) < 4.78 is 20.9. The molecule has 6 nitrogen and oxygen atoms in total. The van der Waals surface area contributed by atoms with Gasteiger partial charge in [-0.25, -0.2) is 14.2 Å². The first kappa shape index (κ1) is 15.5. The highest BCUT2D eigenvalue weighted by Gasteiger charge is 2.40. The van der Waals surface area contributed by atoms with Crippen LogP contribution in [0.1, 0.15) is 58.3 Å². The van der Waals surface area contributed by atoms with E-state index in [9.17, 15) is 14.0 Å². The fraction of sp³-hybridized carbons (Fsp3) is 0.421. The lowest BCUT2D eigenvalue weighted by atomic mass is 10.1. The van der Waals surface area contributed by atoms with Gasteiger partial charge in [0.15, 0.2) is 5.69 Å². The quantitative estimate of drug-likeness (QED) is 0.794. The fourth-order valence-corrected chi connectivity index (χ4v) is 3.91. The van der Waals surface area contributed by atoms with Crippen molar-refractivity contribution in [1.29, 1.82) is 0 Å². The summed E-state index contributed by atoms with van der Waals surface area (Å²) in [5, 5.41) is 0. The Balaban J connectivity index is 1.63. The number of ether oxygens (including phenoxy) is 1. The summed E-state index contributed by atoms with van der Waals surface area (Å²) in [6.07, 6.45) is 5.31. The number of nitrogens with zero attached hydrogens (tertiary/aromatic N) is 3. The van der Waals surface area contributed by atoms with Crippen molar-refractivity contribution in [3.63, 3.8) is 0 Å². The number of aromatic nitrogens is 2. The van der Waals surface area contributed by atoms with Crippen LogP contribution in [-0.4, -0.2) is 39.5 Å². The highest BCUT2D eigenvalue weighted by atomic mass is 19.1. The zero-order chi connectivity index (χ0) is 17.8. The van der Waals surface area contributed by atoms with Crippen LogP contribution in [0.3, 0.4) is 0 Å². The molecular weight excluding hydrogens is 337 g/mol. The summed E-state index contributed by atoms with van der Waals surface area (Å²) in [6.45, 7) is 1.00. The van der Waals surface area contributed by atoms with Crippen molar-refractivity contribution < 1.29 is 18.7 Å². The molecule has 0 radical (unpaired) electrons. The molecule has 26 heavy (non-hydrogen) atoms. The Bertz CT molecular complexity index is 919. The second kappa shape index (κ2) is 5.65. The molecule has 134 valence electrons. The predicted octanol–water partition coefficient (Wildman–Crippen LogP) is 2.87. The third-order valence-corrected chi connectivity index (χ3v) is 5.42. The van der Waals surface area contributed by atoms with Gasteiger partial charge in [-0.1, -0.05) is 0 Å². The molecule has 1 saturated heterocycles. The van der Waals surface area contributed by atoms with Crippen LogP contribution >= 0.6 is 0 Å². The van der Waals surface area contributed by atoms with Crippen LogP contribution in [-0.2, 0) is 4.74 Å². The van der Waals surface area contributed by atoms with E-state index in [4.69, 9.17) is 4.74 Å². The van der Waals surface area contributed by atoms with E-state index in [1.54, 1.807) is 15.5 Å². The first-order valence-corrected chi connectivity index (χ1v) is 8.98. The lowest BCUT2D eigenvalue weighted by molar-refractivity contribution is 0.0473. The molecule has 2 aromatic rings. The number of halogens is 1. The Hall–Kier alpha value is -2.70. The second-order valence-corrected chi connectivity index (χ2v) is 7.21. The van der Waals surface area contributed by atoms with Crippen molar-refractivity contribution >= 4 is 11.9 Å². The van der Waals surface area contributed by atoms with Gasteiger partial charge in [0.25, 0.3) is 5.91 Å². The van der Waals surface area contributed by atoms with E-state index in [-0.39, 0.29) is 17.6 Å². The largest absolute Gasteiger partial charge is 0.461 e. The maximum atomic E-state index is 13.8. The molecule has 7 heteroatoms. The standard InChI is InChI=1S/C19H18FN3O3/c20-12-5-6-14-13(8-12)18(24)22-7-1-2-15(22)17-16(21-10-23(14)17)19(25)26-9-11-3-4-11/h5-6,8,10-11,15H,1-4,7,9H2/t15-/m0/s1. The van der Waals surface area contributed by atoms with Gasteiger partial charge < -0.3 is 9.64 Å². The number of fused-ring (bicyclic) bond motifs is 5. The summed E-state index contributed by atoms with van der Waals surface area (Å²) >= 11 is 0. The zero-order valence-corrected chi connectivity index (χ0v) is 14.2. The second-order valence-electron chi connectivity index (χ2n) is 7.21. The summed E-state index contributed by atoms with van der Waals surface area (Å²) in [4.78, 5) is 31.6. The lowest BCUT2D eigenvalue weighted by Crippen LogP contribution is -2.30. The van der Waals surface area contributed by atoms with E-state index in [0.717, 1.165) is 25.7 Å². The molecule has 3 heterocycles. The van der Waals surface area contributed by atoms with Gasteiger partial charge in [-0.3, -0.25) is 9.36 Å². The Morgan fingerprint density at radius 1 is 1.31 bits per heavy atom. The monoisotopic (exact) mass is 355 g/mol. The average Bonchev–Trinajstić information content (AvgIpc) is 3.18. The van der Waals surface area contributed by atoms with Crippen LogP contribution in [0.25, 0.3) is 5.69 Å². The molecular formula is C19H18FN3O3. The SMILES string of the molecule is O=C(OCC1CC1)c1ncn2c1[C@@H]1CCCN1C(=O)c1cc(F)ccc1-2. The van der Waals surface area contributed by atoms with Crippen molar-refractivity contribution in [2.24, 2.45) is 5.92 Å². The van der Waals surface area contributed by atoms with Crippen LogP contribution in [0.2, 0.25) is 0 Å². The normalized spacial score (nSPS) is 21.0. The van der Waals surface area contributed by atoms with Crippen LogP contribution < -0.4 is 0 Å². The Labute approximate surface area is 149 Å². The number of amides is 1. The van der Waals surface area contributed by atoms with Crippen LogP contribution in [0, 0.1) is 11.7 Å². The van der Waals surface area contributed by atoms with Gasteiger partial charge in [-0.2, -0.15) is 0 Å². The fourth-order valence-electron chi connectivity index (χ4n) is 3.91. The van der Waals surface area contributed by atoms with Crippen molar-refractivity contribution in [2.45, 2.75) is 31.7 Å². The molecule has 1 aromatic carbocycles. The first-order valence-electron chi connectivity index (χ1n) is 8.98. The van der Waals surface area contributed by atoms with Gasteiger partial charge in [0.05, 0.1) is 29.6 Å². The van der Waals surface area contributed by atoms with Crippen molar-refractivity contribution in [3.05, 3.63) is 47.3 Å². The van der Waals surface area contributed by atoms with Crippen molar-refractivity contribution in [3.8, 4) is 5.69 Å². The summed E-state index contributed by atoms with van der Waals surface area (Å²) in [6, 6.07) is 3.89. The molecule has 1 amide bonds. The van der Waals surface area contributed by atoms with Gasteiger partial charge in [-0.05, 0) is 49.8 Å². The highest BCUT2D eigenvalue weighted by Crippen LogP contribution is 2.40. The Kier molecular flexibility index (Phi) is 3.38. The zero-order valence-electron chi connectivity index (χ0n) is 14.2.